The van der Waals surface area contributed by atoms with Crippen molar-refractivity contribution in [2.75, 3.05) is 19.7 Å². The molecule has 0 aromatic carbocycles. The first kappa shape index (κ1) is 13.6. The molecule has 1 aliphatic carbocycles. The van der Waals surface area contributed by atoms with Gasteiger partial charge in [-0.15, -0.1) is 0 Å². The van der Waals surface area contributed by atoms with Crippen molar-refractivity contribution >= 4 is 6.09 Å². The van der Waals surface area contributed by atoms with E-state index in [2.05, 4.69) is 0 Å². The van der Waals surface area contributed by atoms with Gasteiger partial charge in [-0.3, -0.25) is 0 Å². The van der Waals surface area contributed by atoms with Crippen molar-refractivity contribution in [3.05, 3.63) is 0 Å². The van der Waals surface area contributed by atoms with Gasteiger partial charge < -0.3 is 19.8 Å². The lowest BCUT2D eigenvalue weighted by atomic mass is 9.54. The molecule has 1 saturated heterocycles. The lowest BCUT2D eigenvalue weighted by molar-refractivity contribution is -0.190. The molecule has 1 aliphatic heterocycles. The molecule has 1 heterocycles. The first-order valence-corrected chi connectivity index (χ1v) is 6.48. The summed E-state index contributed by atoms with van der Waals surface area (Å²) in [7, 11) is 0. The molecule has 1 spiro atoms. The van der Waals surface area contributed by atoms with Crippen LogP contribution in [0.2, 0.25) is 0 Å². The summed E-state index contributed by atoms with van der Waals surface area (Å²) in [6, 6.07) is 0. The first-order chi connectivity index (χ1) is 8.17. The Balaban J connectivity index is 1.77. The van der Waals surface area contributed by atoms with Gasteiger partial charge in [0.15, 0.2) is 0 Å². The summed E-state index contributed by atoms with van der Waals surface area (Å²) < 4.78 is 5.29. The maximum atomic E-state index is 11.8. The highest BCUT2D eigenvalue weighted by Gasteiger charge is 2.60. The number of aliphatic hydroxyl groups excluding tert-OH is 1. The largest absolute Gasteiger partial charge is 0.444 e. The van der Waals surface area contributed by atoms with Crippen LogP contribution in [0.1, 0.15) is 40.0 Å². The summed E-state index contributed by atoms with van der Waals surface area (Å²) >= 11 is 0. The van der Waals surface area contributed by atoms with E-state index in [9.17, 15) is 9.90 Å². The summed E-state index contributed by atoms with van der Waals surface area (Å²) in [5.74, 6) is 0. The van der Waals surface area contributed by atoms with E-state index in [1.807, 2.05) is 20.8 Å². The number of carbonyl (C=O) groups is 1. The van der Waals surface area contributed by atoms with Gasteiger partial charge in [-0.05, 0) is 40.0 Å². The highest BCUT2D eigenvalue weighted by Crippen LogP contribution is 2.55. The van der Waals surface area contributed by atoms with Crippen LogP contribution in [0.3, 0.4) is 0 Å². The van der Waals surface area contributed by atoms with E-state index in [-0.39, 0.29) is 18.1 Å². The van der Waals surface area contributed by atoms with Crippen molar-refractivity contribution in [1.29, 1.82) is 0 Å². The molecule has 5 nitrogen and oxygen atoms in total. The summed E-state index contributed by atoms with van der Waals surface area (Å²) in [6.45, 7) is 6.89. The summed E-state index contributed by atoms with van der Waals surface area (Å²) in [5.41, 5.74) is -1.10. The standard InChI is InChI=1S/C13H23NO4/c1-11(2,3)18-10(16)14-8-12(9-14)6-13(17,7-12)4-5-15/h15,17H,4-9H2,1-3H3. The van der Waals surface area contributed by atoms with E-state index in [1.165, 1.54) is 0 Å². The normalized spacial score (nSPS) is 24.4. The minimum absolute atomic E-state index is 0.0162. The Morgan fingerprint density at radius 1 is 1.33 bits per heavy atom. The van der Waals surface area contributed by atoms with Gasteiger partial charge in [0.1, 0.15) is 5.60 Å². The van der Waals surface area contributed by atoms with Gasteiger partial charge in [0.05, 0.1) is 5.60 Å². The van der Waals surface area contributed by atoms with E-state index in [0.717, 1.165) is 0 Å². The molecule has 1 amide bonds. The zero-order valence-corrected chi connectivity index (χ0v) is 11.4. The zero-order valence-electron chi connectivity index (χ0n) is 11.4. The number of hydrogen-bond acceptors (Lipinski definition) is 4. The van der Waals surface area contributed by atoms with Crippen LogP contribution in [-0.2, 0) is 4.74 Å². The summed E-state index contributed by atoms with van der Waals surface area (Å²) in [6.07, 6.45) is 1.52. The highest BCUT2D eigenvalue weighted by atomic mass is 16.6. The molecule has 2 aliphatic rings. The van der Waals surface area contributed by atoms with Crippen LogP contribution in [-0.4, -0.2) is 52.1 Å². The summed E-state index contributed by atoms with van der Waals surface area (Å²) in [4.78, 5) is 13.4. The third-order valence-electron chi connectivity index (χ3n) is 3.69. The van der Waals surface area contributed by atoms with E-state index >= 15 is 0 Å². The van der Waals surface area contributed by atoms with Crippen molar-refractivity contribution in [2.24, 2.45) is 5.41 Å². The van der Waals surface area contributed by atoms with Crippen LogP contribution in [0, 0.1) is 5.41 Å². The Bertz CT molecular complexity index is 333. The maximum Gasteiger partial charge on any atom is 0.410 e. The first-order valence-electron chi connectivity index (χ1n) is 6.48. The Hall–Kier alpha value is -0.810. The molecule has 18 heavy (non-hydrogen) atoms. The van der Waals surface area contributed by atoms with E-state index in [1.54, 1.807) is 4.90 Å². The van der Waals surface area contributed by atoms with Crippen molar-refractivity contribution < 1.29 is 19.7 Å². The number of aliphatic hydroxyl groups is 2. The van der Waals surface area contributed by atoms with Gasteiger partial charge >= 0.3 is 6.09 Å². The van der Waals surface area contributed by atoms with E-state index in [4.69, 9.17) is 9.84 Å². The molecular weight excluding hydrogens is 234 g/mol. The van der Waals surface area contributed by atoms with Crippen molar-refractivity contribution in [1.82, 2.24) is 4.90 Å². The van der Waals surface area contributed by atoms with Gasteiger partial charge in [-0.25, -0.2) is 4.79 Å². The van der Waals surface area contributed by atoms with Crippen LogP contribution >= 0.6 is 0 Å². The minimum Gasteiger partial charge on any atom is -0.444 e. The Morgan fingerprint density at radius 2 is 1.89 bits per heavy atom. The molecule has 2 rings (SSSR count). The molecule has 5 heteroatoms. The average molecular weight is 257 g/mol. The van der Waals surface area contributed by atoms with E-state index < -0.39 is 11.2 Å². The van der Waals surface area contributed by atoms with Crippen LogP contribution in [0.25, 0.3) is 0 Å². The molecule has 0 radical (unpaired) electrons. The third kappa shape index (κ3) is 2.62. The molecule has 1 saturated carbocycles. The number of amides is 1. The molecule has 2 fully saturated rings. The molecule has 0 aromatic rings. The smallest absolute Gasteiger partial charge is 0.410 e. The number of ether oxygens (including phenoxy) is 1. The predicted octanol–water partition coefficient (Wildman–Crippen LogP) is 1.13. The van der Waals surface area contributed by atoms with Gasteiger partial charge in [-0.2, -0.15) is 0 Å². The van der Waals surface area contributed by atoms with Gasteiger partial charge in [0, 0.05) is 25.1 Å². The third-order valence-corrected chi connectivity index (χ3v) is 3.69. The number of nitrogens with zero attached hydrogens (tertiary/aromatic N) is 1. The number of rotatable bonds is 2. The van der Waals surface area contributed by atoms with Crippen molar-refractivity contribution in [3.63, 3.8) is 0 Å². The van der Waals surface area contributed by atoms with Gasteiger partial charge in [0.25, 0.3) is 0 Å². The molecule has 104 valence electrons. The highest BCUT2D eigenvalue weighted by molar-refractivity contribution is 5.69. The Labute approximate surface area is 108 Å². The van der Waals surface area contributed by atoms with Gasteiger partial charge in [-0.1, -0.05) is 0 Å². The van der Waals surface area contributed by atoms with Crippen LogP contribution in [0.15, 0.2) is 0 Å². The van der Waals surface area contributed by atoms with E-state index in [0.29, 0.717) is 32.4 Å². The number of carbonyl (C=O) groups excluding carboxylic acids is 1. The fraction of sp³-hybridized carbons (Fsp3) is 0.923. The summed E-state index contributed by atoms with van der Waals surface area (Å²) in [5, 5.41) is 18.9. The maximum absolute atomic E-state index is 11.8. The monoisotopic (exact) mass is 257 g/mol. The lowest BCUT2D eigenvalue weighted by Crippen LogP contribution is -2.69. The lowest BCUT2D eigenvalue weighted by Gasteiger charge is -2.62. The topological polar surface area (TPSA) is 70.0 Å². The molecule has 0 unspecified atom stereocenters. The second kappa shape index (κ2) is 4.10. The number of likely N-dealkylation sites (tertiary alicyclic amines) is 1. The second-order valence-corrected chi connectivity index (χ2v) is 6.89. The molecule has 0 bridgehead atoms. The average Bonchev–Trinajstić information content (AvgIpc) is 2.06. The molecule has 2 N–H and O–H groups in total. The number of hydrogen-bond donors (Lipinski definition) is 2. The van der Waals surface area contributed by atoms with Crippen LogP contribution in [0.5, 0.6) is 0 Å². The Morgan fingerprint density at radius 3 is 2.33 bits per heavy atom. The fourth-order valence-electron chi connectivity index (χ4n) is 3.17. The van der Waals surface area contributed by atoms with Crippen molar-refractivity contribution in [3.8, 4) is 0 Å². The van der Waals surface area contributed by atoms with Gasteiger partial charge in [0.2, 0.25) is 0 Å². The quantitative estimate of drug-likeness (QED) is 0.778. The van der Waals surface area contributed by atoms with Crippen LogP contribution < -0.4 is 0 Å². The van der Waals surface area contributed by atoms with Crippen LogP contribution in [0.4, 0.5) is 4.79 Å². The zero-order chi connectivity index (χ0) is 13.6. The molecule has 0 aromatic heterocycles. The predicted molar refractivity (Wildman–Crippen MR) is 66.1 cm³/mol. The SMILES string of the molecule is CC(C)(C)OC(=O)N1CC2(C1)CC(O)(CCO)C2. The Kier molecular flexibility index (Phi) is 3.10. The minimum atomic E-state index is -0.714. The molecular formula is C13H23NO4. The molecule has 0 atom stereocenters. The fourth-order valence-corrected chi connectivity index (χ4v) is 3.17. The second-order valence-electron chi connectivity index (χ2n) is 6.89. The van der Waals surface area contributed by atoms with Crippen molar-refractivity contribution in [2.45, 2.75) is 51.2 Å².